The van der Waals surface area contributed by atoms with Crippen LogP contribution in [0.3, 0.4) is 0 Å². The number of rotatable bonds is 6. The van der Waals surface area contributed by atoms with E-state index in [0.717, 1.165) is 39.8 Å². The predicted octanol–water partition coefficient (Wildman–Crippen LogP) is 6.66. The first kappa shape index (κ1) is 25.0. The minimum Gasteiger partial charge on any atom is -0.507 e. The van der Waals surface area contributed by atoms with Crippen molar-refractivity contribution in [2.75, 3.05) is 13.7 Å². The molecule has 6 heteroatoms. The molecule has 2 aromatic carbocycles. The zero-order valence-corrected chi connectivity index (χ0v) is 21.6. The number of aromatic hydroxyl groups is 1. The molecule has 0 aliphatic rings. The third-order valence-corrected chi connectivity index (χ3v) is 6.68. The van der Waals surface area contributed by atoms with Gasteiger partial charge in [-0.2, -0.15) is 0 Å². The summed E-state index contributed by atoms with van der Waals surface area (Å²) in [4.78, 5) is 15.8. The average molecular weight is 469 g/mol. The average Bonchev–Trinajstić information content (AvgIpc) is 3.13. The van der Waals surface area contributed by atoms with Crippen molar-refractivity contribution < 1.29 is 14.6 Å². The lowest BCUT2D eigenvalue weighted by molar-refractivity contribution is 0.261. The molecule has 1 heterocycles. The molecule has 3 aromatic rings. The fraction of sp³-hybridized carbons (Fsp3) is 0.444. The summed E-state index contributed by atoms with van der Waals surface area (Å²) in [6, 6.07) is 10.0. The minimum atomic E-state index is -0.184. The monoisotopic (exact) mass is 468 g/mol. The highest BCUT2D eigenvalue weighted by atomic mass is 32.2. The molecule has 0 unspecified atom stereocenters. The molecule has 33 heavy (non-hydrogen) atoms. The van der Waals surface area contributed by atoms with E-state index in [1.165, 1.54) is 17.3 Å². The molecule has 0 aliphatic heterocycles. The van der Waals surface area contributed by atoms with E-state index in [9.17, 15) is 9.90 Å². The Morgan fingerprint density at radius 3 is 2.27 bits per heavy atom. The van der Waals surface area contributed by atoms with E-state index in [0.29, 0.717) is 18.0 Å². The molecule has 3 N–H and O–H groups in total. The Balaban J connectivity index is 1.62. The van der Waals surface area contributed by atoms with Gasteiger partial charge < -0.3 is 20.1 Å². The highest BCUT2D eigenvalue weighted by molar-refractivity contribution is 8.12. The number of phenols is 1. The molecule has 5 nitrogen and oxygen atoms in total. The largest absolute Gasteiger partial charge is 0.507 e. The summed E-state index contributed by atoms with van der Waals surface area (Å²) >= 11 is 1.26. The van der Waals surface area contributed by atoms with Gasteiger partial charge in [0.05, 0.1) is 7.11 Å². The molecule has 0 saturated carbocycles. The van der Waals surface area contributed by atoms with Crippen molar-refractivity contribution in [1.82, 2.24) is 10.3 Å². The van der Waals surface area contributed by atoms with E-state index in [4.69, 9.17) is 4.74 Å². The second-order valence-electron chi connectivity index (χ2n) is 10.5. The van der Waals surface area contributed by atoms with Crippen LogP contribution in [0, 0.1) is 0 Å². The minimum absolute atomic E-state index is 0.0424. The Morgan fingerprint density at radius 2 is 1.70 bits per heavy atom. The summed E-state index contributed by atoms with van der Waals surface area (Å²) in [6.45, 7) is 13.1. The highest BCUT2D eigenvalue weighted by Crippen LogP contribution is 2.40. The number of aromatic amines is 1. The smallest absolute Gasteiger partial charge is 0.279 e. The van der Waals surface area contributed by atoms with Gasteiger partial charge in [-0.3, -0.25) is 4.79 Å². The molecule has 0 saturated heterocycles. The van der Waals surface area contributed by atoms with Gasteiger partial charge in [-0.05, 0) is 51.6 Å². The van der Waals surface area contributed by atoms with Crippen LogP contribution >= 0.6 is 11.8 Å². The van der Waals surface area contributed by atoms with Crippen LogP contribution in [0.2, 0.25) is 0 Å². The Kier molecular flexibility index (Phi) is 7.37. The van der Waals surface area contributed by atoms with E-state index in [2.05, 4.69) is 51.8 Å². The maximum atomic E-state index is 12.5. The Labute approximate surface area is 201 Å². The van der Waals surface area contributed by atoms with E-state index in [1.54, 1.807) is 7.11 Å². The third kappa shape index (κ3) is 6.05. The third-order valence-electron chi connectivity index (χ3n) is 5.79. The molecule has 0 aliphatic carbocycles. The van der Waals surface area contributed by atoms with Crippen molar-refractivity contribution in [2.45, 2.75) is 64.5 Å². The quantitative estimate of drug-likeness (QED) is 0.378. The predicted molar refractivity (Wildman–Crippen MR) is 139 cm³/mol. The molecular formula is C27H36N2O3S. The number of hydrogen-bond acceptors (Lipinski definition) is 4. The molecule has 178 valence electrons. The Hall–Kier alpha value is -2.60. The fourth-order valence-corrected chi connectivity index (χ4v) is 4.59. The summed E-state index contributed by atoms with van der Waals surface area (Å²) in [5.74, 6) is 1.74. The van der Waals surface area contributed by atoms with Crippen LogP contribution in [-0.2, 0) is 23.0 Å². The number of thioether (sulfide) groups is 1. The molecule has 1 amide bonds. The van der Waals surface area contributed by atoms with Crippen molar-refractivity contribution in [1.29, 1.82) is 0 Å². The van der Waals surface area contributed by atoms with E-state index >= 15 is 0 Å². The molecule has 3 rings (SSSR count). The van der Waals surface area contributed by atoms with Crippen LogP contribution in [0.5, 0.6) is 11.5 Å². The summed E-state index contributed by atoms with van der Waals surface area (Å²) in [7, 11) is 1.66. The number of carbonyl (C=O) groups is 1. The van der Waals surface area contributed by atoms with Crippen LogP contribution in [0.15, 0.2) is 36.5 Å². The Bertz CT molecular complexity index is 1100. The number of phenolic OH excluding ortho intramolecular Hbond substituents is 1. The standard InChI is InChI=1S/C27H36N2O3S/c1-26(2,3)21-12-17(13-22(24(21)30)27(4,5)6)16-33-25(31)28-11-10-18-15-29-23-14-19(32-7)8-9-20(18)23/h8-9,12-15,29-30H,10-11,16H2,1-7H3,(H,28,31). The number of carbonyl (C=O) groups excluding carboxylic acids is 1. The van der Waals surface area contributed by atoms with Gasteiger partial charge in [0, 0.05) is 35.5 Å². The molecule has 1 aromatic heterocycles. The highest BCUT2D eigenvalue weighted by Gasteiger charge is 2.26. The molecular weight excluding hydrogens is 432 g/mol. The van der Waals surface area contributed by atoms with E-state index in [-0.39, 0.29) is 16.1 Å². The van der Waals surface area contributed by atoms with Crippen molar-refractivity contribution in [3.05, 3.63) is 58.8 Å². The summed E-state index contributed by atoms with van der Waals surface area (Å²) in [5.41, 5.74) is 4.72. The van der Waals surface area contributed by atoms with Crippen LogP contribution in [-0.4, -0.2) is 29.0 Å². The van der Waals surface area contributed by atoms with Gasteiger partial charge in [-0.25, -0.2) is 0 Å². The first-order chi connectivity index (χ1) is 15.4. The number of H-pyrrole nitrogens is 1. The molecule has 0 bridgehead atoms. The topological polar surface area (TPSA) is 74.3 Å². The number of benzene rings is 2. The van der Waals surface area contributed by atoms with Gasteiger partial charge in [-0.1, -0.05) is 65.4 Å². The number of amides is 1. The SMILES string of the molecule is COc1ccc2c(CCNC(=O)SCc3cc(C(C)(C)C)c(O)c(C(C)(C)C)c3)c[nH]c2c1. The Morgan fingerprint density at radius 1 is 1.06 bits per heavy atom. The van der Waals surface area contributed by atoms with Crippen molar-refractivity contribution >= 4 is 27.9 Å². The first-order valence-electron chi connectivity index (χ1n) is 11.3. The van der Waals surface area contributed by atoms with Crippen molar-refractivity contribution in [2.24, 2.45) is 0 Å². The number of hydrogen-bond donors (Lipinski definition) is 3. The van der Waals surface area contributed by atoms with Crippen LogP contribution < -0.4 is 10.1 Å². The zero-order valence-electron chi connectivity index (χ0n) is 20.8. The van der Waals surface area contributed by atoms with Gasteiger partial charge in [-0.15, -0.1) is 0 Å². The summed E-state index contributed by atoms with van der Waals surface area (Å²) in [5, 5.41) is 15.0. The van der Waals surface area contributed by atoms with Crippen molar-refractivity contribution in [3.8, 4) is 11.5 Å². The van der Waals surface area contributed by atoms with Gasteiger partial charge >= 0.3 is 0 Å². The van der Waals surface area contributed by atoms with Gasteiger partial charge in [0.15, 0.2) is 0 Å². The zero-order chi connectivity index (χ0) is 24.4. The fourth-order valence-electron chi connectivity index (χ4n) is 3.92. The lowest BCUT2D eigenvalue weighted by Crippen LogP contribution is -2.21. The summed E-state index contributed by atoms with van der Waals surface area (Å²) in [6.07, 6.45) is 2.74. The number of ether oxygens (including phenoxy) is 1. The first-order valence-corrected chi connectivity index (χ1v) is 12.3. The van der Waals surface area contributed by atoms with Crippen molar-refractivity contribution in [3.63, 3.8) is 0 Å². The van der Waals surface area contributed by atoms with Gasteiger partial charge in [0.2, 0.25) is 0 Å². The second kappa shape index (κ2) is 9.72. The van der Waals surface area contributed by atoms with Gasteiger partial charge in [0.1, 0.15) is 11.5 Å². The lowest BCUT2D eigenvalue weighted by Gasteiger charge is -2.28. The number of fused-ring (bicyclic) bond motifs is 1. The van der Waals surface area contributed by atoms with E-state index in [1.807, 2.05) is 36.5 Å². The molecule has 0 fully saturated rings. The second-order valence-corrected chi connectivity index (χ2v) is 11.5. The number of aromatic nitrogens is 1. The normalized spacial score (nSPS) is 12.2. The molecule has 0 atom stereocenters. The van der Waals surface area contributed by atoms with Crippen LogP contribution in [0.25, 0.3) is 10.9 Å². The van der Waals surface area contributed by atoms with Gasteiger partial charge in [0.25, 0.3) is 5.24 Å². The van der Waals surface area contributed by atoms with Crippen LogP contribution in [0.1, 0.15) is 63.8 Å². The molecule has 0 spiro atoms. The number of methoxy groups -OCH3 is 1. The van der Waals surface area contributed by atoms with Crippen LogP contribution in [0.4, 0.5) is 4.79 Å². The maximum Gasteiger partial charge on any atom is 0.279 e. The van der Waals surface area contributed by atoms with E-state index < -0.39 is 0 Å². The summed E-state index contributed by atoms with van der Waals surface area (Å²) < 4.78 is 5.27. The number of nitrogens with one attached hydrogen (secondary N) is 2. The lowest BCUT2D eigenvalue weighted by atomic mass is 9.78. The molecule has 0 radical (unpaired) electrons. The maximum absolute atomic E-state index is 12.5.